The number of likely N-dealkylation sites (tertiary alicyclic amines) is 3. The zero-order valence-electron chi connectivity index (χ0n) is 16.6. The molecule has 4 fully saturated rings. The van der Waals surface area contributed by atoms with Crippen molar-refractivity contribution in [1.82, 2.24) is 14.7 Å². The fourth-order valence-corrected chi connectivity index (χ4v) is 6.33. The van der Waals surface area contributed by atoms with Crippen LogP contribution < -0.4 is 0 Å². The predicted octanol–water partition coefficient (Wildman–Crippen LogP) is 2.71. The first-order chi connectivity index (χ1) is 12.9. The van der Waals surface area contributed by atoms with Gasteiger partial charge in [-0.1, -0.05) is 6.92 Å². The highest BCUT2D eigenvalue weighted by molar-refractivity contribution is 5.68. The fraction of sp³-hybridized carbons (Fsp3) is 0.900. The van der Waals surface area contributed by atoms with Crippen LogP contribution in [0.1, 0.15) is 45.4 Å². The second kappa shape index (κ2) is 7.15. The Kier molecular flexibility index (Phi) is 4.99. The standard InChI is InChI=1S/C20H33N3O4/c1-14-17(12-20(14)7-11-22(13-20)18(24)25)21-9-5-15(6-10-21)16-4-3-8-23(16)19(26)27-2/h14-17H,3-13H2,1-2H3,(H,24,25). The summed E-state index contributed by atoms with van der Waals surface area (Å²) in [5.41, 5.74) is 0.215. The van der Waals surface area contributed by atoms with Gasteiger partial charge in [0.05, 0.1) is 7.11 Å². The van der Waals surface area contributed by atoms with Crippen molar-refractivity contribution in [1.29, 1.82) is 0 Å². The summed E-state index contributed by atoms with van der Waals surface area (Å²) in [5, 5.41) is 9.26. The largest absolute Gasteiger partial charge is 0.465 e. The molecule has 27 heavy (non-hydrogen) atoms. The number of hydrogen-bond acceptors (Lipinski definition) is 4. The summed E-state index contributed by atoms with van der Waals surface area (Å²) < 4.78 is 4.96. The molecule has 2 amide bonds. The topological polar surface area (TPSA) is 73.3 Å². The summed E-state index contributed by atoms with van der Waals surface area (Å²) in [5.74, 6) is 1.15. The first kappa shape index (κ1) is 18.8. The van der Waals surface area contributed by atoms with Gasteiger partial charge in [0.1, 0.15) is 0 Å². The molecule has 0 bridgehead atoms. The second-order valence-electron chi connectivity index (χ2n) is 9.12. The Balaban J connectivity index is 1.29. The van der Waals surface area contributed by atoms with Crippen molar-refractivity contribution in [2.75, 3.05) is 39.8 Å². The molecule has 3 heterocycles. The lowest BCUT2D eigenvalue weighted by Crippen LogP contribution is -2.61. The van der Waals surface area contributed by atoms with Crippen molar-refractivity contribution in [2.24, 2.45) is 17.3 Å². The van der Waals surface area contributed by atoms with Crippen LogP contribution in [0.3, 0.4) is 0 Å². The van der Waals surface area contributed by atoms with Gasteiger partial charge in [-0.25, -0.2) is 9.59 Å². The molecule has 1 N–H and O–H groups in total. The lowest BCUT2D eigenvalue weighted by Gasteiger charge is -2.57. The van der Waals surface area contributed by atoms with E-state index >= 15 is 0 Å². The number of ether oxygens (including phenoxy) is 1. The monoisotopic (exact) mass is 379 g/mol. The van der Waals surface area contributed by atoms with Crippen molar-refractivity contribution < 1.29 is 19.4 Å². The van der Waals surface area contributed by atoms with Gasteiger partial charge in [-0.15, -0.1) is 0 Å². The molecule has 3 saturated heterocycles. The number of carboxylic acid groups (broad SMARTS) is 1. The third-order valence-corrected chi connectivity index (χ3v) is 8.11. The first-order valence-corrected chi connectivity index (χ1v) is 10.5. The van der Waals surface area contributed by atoms with E-state index in [2.05, 4.69) is 11.8 Å². The lowest BCUT2D eigenvalue weighted by molar-refractivity contribution is -0.0717. The summed E-state index contributed by atoms with van der Waals surface area (Å²) in [6.45, 7) is 6.77. The molecule has 0 aromatic carbocycles. The number of amides is 2. The third kappa shape index (κ3) is 3.18. The number of hydrogen-bond donors (Lipinski definition) is 1. The van der Waals surface area contributed by atoms with Gasteiger partial charge in [0.15, 0.2) is 0 Å². The van der Waals surface area contributed by atoms with Gasteiger partial charge in [-0.3, -0.25) is 0 Å². The number of methoxy groups -OCH3 is 1. The number of nitrogens with zero attached hydrogens (tertiary/aromatic N) is 3. The van der Waals surface area contributed by atoms with Crippen LogP contribution in [0.4, 0.5) is 9.59 Å². The molecule has 4 aliphatic rings. The van der Waals surface area contributed by atoms with Crippen molar-refractivity contribution in [3.05, 3.63) is 0 Å². The molecule has 1 aliphatic carbocycles. The highest BCUT2D eigenvalue weighted by atomic mass is 16.5. The zero-order valence-corrected chi connectivity index (χ0v) is 16.6. The van der Waals surface area contributed by atoms with Crippen molar-refractivity contribution >= 4 is 12.2 Å². The average Bonchev–Trinajstić information content (AvgIpc) is 3.34. The van der Waals surface area contributed by atoms with E-state index in [1.165, 1.54) is 7.11 Å². The first-order valence-electron chi connectivity index (χ1n) is 10.5. The summed E-state index contributed by atoms with van der Waals surface area (Å²) >= 11 is 0. The smallest absolute Gasteiger partial charge is 0.409 e. The van der Waals surface area contributed by atoms with Crippen LogP contribution in [-0.2, 0) is 4.74 Å². The maximum atomic E-state index is 12.0. The van der Waals surface area contributed by atoms with Gasteiger partial charge in [0.25, 0.3) is 0 Å². The van der Waals surface area contributed by atoms with E-state index in [0.717, 1.165) is 58.2 Å². The SMILES string of the molecule is COC(=O)N1CCCC1C1CCN(C2CC3(CCN(C(=O)O)C3)C2C)CC1. The Morgan fingerprint density at radius 1 is 1.07 bits per heavy atom. The van der Waals surface area contributed by atoms with Gasteiger partial charge < -0.3 is 24.5 Å². The summed E-state index contributed by atoms with van der Waals surface area (Å²) in [6.07, 6.45) is 5.71. The normalized spacial score (nSPS) is 37.6. The summed E-state index contributed by atoms with van der Waals surface area (Å²) in [6, 6.07) is 0.948. The minimum atomic E-state index is -0.768. The van der Waals surface area contributed by atoms with E-state index in [1.54, 1.807) is 4.90 Å². The minimum Gasteiger partial charge on any atom is -0.465 e. The highest BCUT2D eigenvalue weighted by Crippen LogP contribution is 2.55. The molecule has 0 aromatic heterocycles. The number of rotatable bonds is 2. The zero-order chi connectivity index (χ0) is 19.2. The molecule has 3 aliphatic heterocycles. The Labute approximate surface area is 161 Å². The van der Waals surface area contributed by atoms with Crippen LogP contribution in [0, 0.1) is 17.3 Å². The number of carbonyl (C=O) groups is 2. The van der Waals surface area contributed by atoms with E-state index in [-0.39, 0.29) is 11.5 Å². The Bertz CT molecular complexity index is 592. The molecule has 0 radical (unpaired) electrons. The van der Waals surface area contributed by atoms with Crippen LogP contribution in [0.5, 0.6) is 0 Å². The fourth-order valence-electron chi connectivity index (χ4n) is 6.33. The van der Waals surface area contributed by atoms with Crippen LogP contribution >= 0.6 is 0 Å². The highest BCUT2D eigenvalue weighted by Gasteiger charge is 2.57. The summed E-state index contributed by atoms with van der Waals surface area (Å²) in [7, 11) is 1.47. The molecule has 0 aromatic rings. The second-order valence-corrected chi connectivity index (χ2v) is 9.12. The van der Waals surface area contributed by atoms with Crippen molar-refractivity contribution in [2.45, 2.75) is 57.5 Å². The van der Waals surface area contributed by atoms with E-state index in [1.807, 2.05) is 4.90 Å². The van der Waals surface area contributed by atoms with Crippen LogP contribution in [0.25, 0.3) is 0 Å². The van der Waals surface area contributed by atoms with Crippen molar-refractivity contribution in [3.8, 4) is 0 Å². The van der Waals surface area contributed by atoms with E-state index in [0.29, 0.717) is 37.0 Å². The molecule has 4 rings (SSSR count). The lowest BCUT2D eigenvalue weighted by atomic mass is 9.56. The maximum absolute atomic E-state index is 12.0. The van der Waals surface area contributed by atoms with Gasteiger partial charge in [0, 0.05) is 31.7 Å². The molecule has 4 unspecified atom stereocenters. The quantitative estimate of drug-likeness (QED) is 0.799. The number of piperidine rings is 1. The Morgan fingerprint density at radius 2 is 1.81 bits per heavy atom. The van der Waals surface area contributed by atoms with Crippen LogP contribution in [0.15, 0.2) is 0 Å². The molecule has 1 spiro atoms. The molecular weight excluding hydrogens is 346 g/mol. The van der Waals surface area contributed by atoms with Crippen LogP contribution in [0.2, 0.25) is 0 Å². The van der Waals surface area contributed by atoms with Gasteiger partial charge >= 0.3 is 12.2 Å². The molecule has 7 heteroatoms. The predicted molar refractivity (Wildman–Crippen MR) is 101 cm³/mol. The van der Waals surface area contributed by atoms with Gasteiger partial charge in [-0.2, -0.15) is 0 Å². The van der Waals surface area contributed by atoms with Crippen LogP contribution in [-0.4, -0.2) is 83.9 Å². The van der Waals surface area contributed by atoms with E-state index in [4.69, 9.17) is 4.74 Å². The minimum absolute atomic E-state index is 0.168. The molecule has 7 nitrogen and oxygen atoms in total. The molecule has 1 saturated carbocycles. The average molecular weight is 380 g/mol. The van der Waals surface area contributed by atoms with Crippen molar-refractivity contribution in [3.63, 3.8) is 0 Å². The maximum Gasteiger partial charge on any atom is 0.409 e. The molecular formula is C20H33N3O4. The Hall–Kier alpha value is -1.50. The van der Waals surface area contributed by atoms with Gasteiger partial charge in [0.2, 0.25) is 0 Å². The third-order valence-electron chi connectivity index (χ3n) is 8.11. The van der Waals surface area contributed by atoms with Gasteiger partial charge in [-0.05, 0) is 68.9 Å². The Morgan fingerprint density at radius 3 is 2.41 bits per heavy atom. The number of carbonyl (C=O) groups excluding carboxylic acids is 1. The molecule has 152 valence electrons. The van der Waals surface area contributed by atoms with E-state index in [9.17, 15) is 14.7 Å². The summed E-state index contributed by atoms with van der Waals surface area (Å²) in [4.78, 5) is 29.4. The van der Waals surface area contributed by atoms with E-state index < -0.39 is 6.09 Å². The molecule has 4 atom stereocenters.